The molecule has 2 amide bonds. The summed E-state index contributed by atoms with van der Waals surface area (Å²) in [6.45, 7) is 9.85. The van der Waals surface area contributed by atoms with Crippen molar-refractivity contribution in [1.82, 2.24) is 14.6 Å². The van der Waals surface area contributed by atoms with E-state index in [-0.39, 0.29) is 62.9 Å². The van der Waals surface area contributed by atoms with Gasteiger partial charge in [0.15, 0.2) is 5.78 Å². The van der Waals surface area contributed by atoms with Crippen molar-refractivity contribution in [2.24, 2.45) is 22.7 Å². The predicted octanol–water partition coefficient (Wildman–Crippen LogP) is 6.92. The number of carbonyl (C=O) groups is 4. The van der Waals surface area contributed by atoms with Crippen molar-refractivity contribution in [2.75, 3.05) is 13.2 Å². The third-order valence-electron chi connectivity index (χ3n) is 12.4. The van der Waals surface area contributed by atoms with E-state index in [1.807, 2.05) is 64.1 Å². The molecule has 1 aromatic carbocycles. The molecular formula is C43H59N3O8S. The topological polar surface area (TPSA) is 149 Å². The number of sulfonamides is 1. The minimum absolute atomic E-state index is 0. The Bertz CT molecular complexity index is 2000. The second-order valence-corrected chi connectivity index (χ2v) is 20.4. The second kappa shape index (κ2) is 14.9. The molecule has 0 unspecified atom stereocenters. The molecule has 0 bridgehead atoms. The number of nitrogens with zero attached hydrogens (tertiary/aromatic N) is 2. The maximum atomic E-state index is 14.8. The van der Waals surface area contributed by atoms with Crippen LogP contribution in [0.1, 0.15) is 123 Å². The first kappa shape index (κ1) is 40.9. The summed E-state index contributed by atoms with van der Waals surface area (Å²) in [5.74, 6) is -1.99. The fourth-order valence-electron chi connectivity index (χ4n) is 8.67. The Kier molecular flexibility index (Phi) is 11.1. The molecule has 1 N–H and O–H groups in total. The van der Waals surface area contributed by atoms with Crippen molar-refractivity contribution in [3.8, 4) is 5.75 Å². The lowest BCUT2D eigenvalue weighted by molar-refractivity contribution is -0.152. The minimum Gasteiger partial charge on any atom is -0.483 e. The Balaban J connectivity index is 0.00000514. The maximum absolute atomic E-state index is 14.8. The lowest BCUT2D eigenvalue weighted by Crippen LogP contribution is -2.48. The van der Waals surface area contributed by atoms with Gasteiger partial charge in [-0.25, -0.2) is 13.4 Å². The van der Waals surface area contributed by atoms with E-state index in [0.29, 0.717) is 44.3 Å². The standard InChI is InChI=1S/C42H55N3O8S.CH4/c1-27-36-31(30-15-11-12-16-32(30)43-27)17-18-41(53-36)23-33-34(46)24-42(38(49)44-54(50,51)40(5)19-20-40)22-29(42)14-10-8-6-7-9-13-28(37(48)45(33)25-41)21-35(47)52-26-39(2,3)4;/h10-12,14-16,28-29,33H,6-9,13,17-26H2,1-5H3,(H,44,49);1H4/b14-10-;/t28-,29-,33+,41-,42-;/m1./s1. The van der Waals surface area contributed by atoms with Gasteiger partial charge in [-0.2, -0.15) is 0 Å². The Hall–Kier alpha value is -3.80. The monoisotopic (exact) mass is 777 g/mol. The first-order valence-electron chi connectivity index (χ1n) is 19.7. The van der Waals surface area contributed by atoms with Gasteiger partial charge < -0.3 is 14.4 Å². The number of fused-ring (bicyclic) bond motifs is 5. The smallest absolute Gasteiger partial charge is 0.306 e. The van der Waals surface area contributed by atoms with E-state index in [1.54, 1.807) is 11.8 Å². The molecule has 5 aliphatic rings. The molecule has 0 radical (unpaired) electrons. The molecule has 11 nitrogen and oxygen atoms in total. The van der Waals surface area contributed by atoms with Crippen LogP contribution in [0.5, 0.6) is 5.75 Å². The average molecular weight is 778 g/mol. The van der Waals surface area contributed by atoms with Crippen molar-refractivity contribution in [3.05, 3.63) is 47.7 Å². The summed E-state index contributed by atoms with van der Waals surface area (Å²) in [6, 6.07) is 7.02. The molecule has 5 atom stereocenters. The van der Waals surface area contributed by atoms with Crippen molar-refractivity contribution in [3.63, 3.8) is 0 Å². The van der Waals surface area contributed by atoms with E-state index >= 15 is 0 Å². The summed E-state index contributed by atoms with van der Waals surface area (Å²) in [5, 5.41) is 1.01. The van der Waals surface area contributed by atoms with Gasteiger partial charge >= 0.3 is 5.97 Å². The summed E-state index contributed by atoms with van der Waals surface area (Å²) < 4.78 is 40.4. The number of nitrogens with one attached hydrogen (secondary N) is 1. The highest BCUT2D eigenvalue weighted by atomic mass is 32.2. The number of rotatable bonds is 6. The second-order valence-electron chi connectivity index (χ2n) is 18.2. The van der Waals surface area contributed by atoms with Crippen LogP contribution in [-0.4, -0.2) is 71.4 Å². The van der Waals surface area contributed by atoms with Gasteiger partial charge in [-0.1, -0.05) is 71.4 Å². The summed E-state index contributed by atoms with van der Waals surface area (Å²) in [7, 11) is -3.93. The molecule has 1 saturated heterocycles. The number of Topliss-reactive ketones (excluding diaryl/α,β-unsaturated/α-hetero) is 1. The zero-order valence-electron chi connectivity index (χ0n) is 32.4. The number of esters is 1. The third kappa shape index (κ3) is 8.21. The van der Waals surface area contributed by atoms with Crippen LogP contribution in [0, 0.1) is 29.6 Å². The quantitative estimate of drug-likeness (QED) is 0.244. The molecule has 2 aliphatic carbocycles. The van der Waals surface area contributed by atoms with E-state index in [0.717, 1.165) is 47.8 Å². The Morgan fingerprint density at radius 3 is 2.55 bits per heavy atom. The fourth-order valence-corrected chi connectivity index (χ4v) is 10.0. The van der Waals surface area contributed by atoms with E-state index in [4.69, 9.17) is 14.5 Å². The van der Waals surface area contributed by atoms with E-state index < -0.39 is 49.6 Å². The maximum Gasteiger partial charge on any atom is 0.306 e. The third-order valence-corrected chi connectivity index (χ3v) is 14.6. The number of benzene rings is 1. The van der Waals surface area contributed by atoms with Crippen LogP contribution in [-0.2, 0) is 40.4 Å². The number of hydrogen-bond acceptors (Lipinski definition) is 9. The lowest BCUT2D eigenvalue weighted by atomic mass is 9.85. The van der Waals surface area contributed by atoms with Gasteiger partial charge in [0.25, 0.3) is 0 Å². The molecule has 300 valence electrons. The molecule has 3 fully saturated rings. The summed E-state index contributed by atoms with van der Waals surface area (Å²) in [6.07, 6.45) is 10.1. The van der Waals surface area contributed by atoms with Crippen LogP contribution >= 0.6 is 0 Å². The van der Waals surface area contributed by atoms with Crippen molar-refractivity contribution >= 4 is 44.5 Å². The molecule has 1 spiro atoms. The summed E-state index contributed by atoms with van der Waals surface area (Å²) >= 11 is 0. The number of allylic oxidation sites excluding steroid dienone is 2. The molecule has 2 saturated carbocycles. The number of carbonyl (C=O) groups excluding carboxylic acids is 4. The zero-order chi connectivity index (χ0) is 38.7. The van der Waals surface area contributed by atoms with Gasteiger partial charge in [0, 0.05) is 29.7 Å². The van der Waals surface area contributed by atoms with Crippen LogP contribution in [0.3, 0.4) is 0 Å². The van der Waals surface area contributed by atoms with Crippen molar-refractivity contribution in [1.29, 1.82) is 0 Å². The van der Waals surface area contributed by atoms with Gasteiger partial charge in [0.2, 0.25) is 21.8 Å². The average Bonchev–Trinajstić information content (AvgIpc) is 4.00. The highest BCUT2D eigenvalue weighted by Crippen LogP contribution is 2.58. The molecule has 1 aromatic heterocycles. The van der Waals surface area contributed by atoms with Crippen molar-refractivity contribution in [2.45, 2.75) is 142 Å². The van der Waals surface area contributed by atoms with Crippen LogP contribution in [0.4, 0.5) is 0 Å². The van der Waals surface area contributed by atoms with Crippen LogP contribution in [0.25, 0.3) is 10.9 Å². The predicted molar refractivity (Wildman–Crippen MR) is 211 cm³/mol. The molecule has 55 heavy (non-hydrogen) atoms. The van der Waals surface area contributed by atoms with Gasteiger partial charge in [-0.3, -0.25) is 23.9 Å². The SMILES string of the molecule is C.Cc1nc2ccccc2c2c1O[C@]1(CC2)C[C@H]2C(=O)C[C@]3(C(=O)NS(=O)(=O)C4(C)CC4)C[C@H]3/C=C\CCCCC[C@H](CC(=O)OCC(C)(C)C)C(=O)N2C1. The number of amides is 2. The van der Waals surface area contributed by atoms with E-state index in [1.165, 1.54) is 0 Å². The first-order chi connectivity index (χ1) is 25.4. The van der Waals surface area contributed by atoms with Crippen molar-refractivity contribution < 1.29 is 37.1 Å². The normalized spacial score (nSPS) is 29.7. The summed E-state index contributed by atoms with van der Waals surface area (Å²) in [5.41, 5.74) is 0.319. The number of aromatic nitrogens is 1. The Labute approximate surface area is 326 Å². The van der Waals surface area contributed by atoms with Gasteiger partial charge in [-0.05, 0) is 82.6 Å². The molecule has 4 heterocycles. The van der Waals surface area contributed by atoms with E-state index in [9.17, 15) is 27.6 Å². The number of hydrogen-bond donors (Lipinski definition) is 1. The number of para-hydroxylation sites is 1. The van der Waals surface area contributed by atoms with Gasteiger partial charge in [0.05, 0.1) is 47.0 Å². The Morgan fingerprint density at radius 2 is 1.82 bits per heavy atom. The fraction of sp³-hybridized carbons (Fsp3) is 0.651. The minimum atomic E-state index is -3.93. The number of ketones is 1. The zero-order valence-corrected chi connectivity index (χ0v) is 33.2. The Morgan fingerprint density at radius 1 is 1.07 bits per heavy atom. The number of ether oxygens (including phenoxy) is 2. The summed E-state index contributed by atoms with van der Waals surface area (Å²) in [4.78, 5) is 63.2. The van der Waals surface area contributed by atoms with Gasteiger partial charge in [0.1, 0.15) is 11.4 Å². The molecular weight excluding hydrogens is 719 g/mol. The first-order valence-corrected chi connectivity index (χ1v) is 21.2. The molecule has 12 heteroatoms. The van der Waals surface area contributed by atoms with Gasteiger partial charge in [-0.15, -0.1) is 0 Å². The van der Waals surface area contributed by atoms with Crippen LogP contribution in [0.15, 0.2) is 36.4 Å². The van der Waals surface area contributed by atoms with E-state index in [2.05, 4.69) is 4.72 Å². The number of aryl methyl sites for hydroxylation is 2. The molecule has 2 aromatic rings. The molecule has 3 aliphatic heterocycles. The molecule has 7 rings (SSSR count). The lowest BCUT2D eigenvalue weighted by Gasteiger charge is -2.36. The number of pyridine rings is 1. The largest absolute Gasteiger partial charge is 0.483 e. The van der Waals surface area contributed by atoms with Crippen LogP contribution in [0.2, 0.25) is 0 Å². The highest BCUT2D eigenvalue weighted by molar-refractivity contribution is 7.91. The van der Waals surface area contributed by atoms with Crippen LogP contribution < -0.4 is 9.46 Å². The highest BCUT2D eigenvalue weighted by Gasteiger charge is 2.63.